The van der Waals surface area contributed by atoms with Gasteiger partial charge in [-0.05, 0) is 50.5 Å². The van der Waals surface area contributed by atoms with Gasteiger partial charge in [0.2, 0.25) is 0 Å². The Morgan fingerprint density at radius 1 is 1.21 bits per heavy atom. The van der Waals surface area contributed by atoms with Gasteiger partial charge in [-0.2, -0.15) is 13.5 Å². The number of fused-ring (bicyclic) bond motifs is 1. The molecule has 172 valence electrons. The second-order valence-electron chi connectivity index (χ2n) is 8.77. The molecule has 0 spiro atoms. The lowest BCUT2D eigenvalue weighted by molar-refractivity contribution is 0.102. The Kier molecular flexibility index (Phi) is 5.19. The van der Waals surface area contributed by atoms with E-state index in [4.69, 9.17) is 4.98 Å². The highest BCUT2D eigenvalue weighted by Gasteiger charge is 2.28. The molecule has 3 aromatic rings. The summed E-state index contributed by atoms with van der Waals surface area (Å²) in [4.78, 5) is 19.9. The van der Waals surface area contributed by atoms with E-state index in [1.54, 1.807) is 16.8 Å². The molecule has 2 aliphatic rings. The molecule has 1 N–H and O–H groups in total. The minimum absolute atomic E-state index is 0.0456. The second kappa shape index (κ2) is 7.95. The van der Waals surface area contributed by atoms with Crippen molar-refractivity contribution in [2.24, 2.45) is 11.4 Å². The molecule has 3 heterocycles. The largest absolute Gasteiger partial charge is 0.362 e. The van der Waals surface area contributed by atoms with Gasteiger partial charge in [0.1, 0.15) is 5.84 Å². The van der Waals surface area contributed by atoms with E-state index >= 15 is 0 Å². The van der Waals surface area contributed by atoms with Crippen LogP contribution in [0.15, 0.2) is 39.6 Å². The highest BCUT2D eigenvalue weighted by molar-refractivity contribution is 7.90. The van der Waals surface area contributed by atoms with Gasteiger partial charge in [-0.3, -0.25) is 9.48 Å². The number of benzene rings is 1. The van der Waals surface area contributed by atoms with Gasteiger partial charge in [-0.25, -0.2) is 4.98 Å². The molecule has 0 atom stereocenters. The first-order chi connectivity index (χ1) is 15.7. The Morgan fingerprint density at radius 2 is 2.00 bits per heavy atom. The molecule has 1 saturated carbocycles. The smallest absolute Gasteiger partial charge is 0.284 e. The zero-order valence-corrected chi connectivity index (χ0v) is 19.7. The molecule has 2 fully saturated rings. The molecule has 0 bridgehead atoms. The number of nitrogens with one attached hydrogen (secondary N) is 1. The number of pyridine rings is 1. The van der Waals surface area contributed by atoms with Crippen molar-refractivity contribution in [2.75, 3.05) is 18.9 Å². The van der Waals surface area contributed by atoms with Gasteiger partial charge in [0.15, 0.2) is 5.65 Å². The van der Waals surface area contributed by atoms with E-state index in [-0.39, 0.29) is 10.8 Å². The molecular weight excluding hydrogens is 440 g/mol. The zero-order chi connectivity index (χ0) is 23.3. The molecular formula is C23H26N6O3S. The zero-order valence-electron chi connectivity index (χ0n) is 18.9. The third-order valence-corrected chi connectivity index (χ3v) is 7.48. The number of amides is 1. The fraction of sp³-hybridized carbons (Fsp3) is 0.391. The van der Waals surface area contributed by atoms with E-state index in [0.717, 1.165) is 37.2 Å². The maximum Gasteiger partial charge on any atom is 0.284 e. The maximum atomic E-state index is 13.3. The lowest BCUT2D eigenvalue weighted by Gasteiger charge is -2.12. The highest BCUT2D eigenvalue weighted by atomic mass is 32.2. The van der Waals surface area contributed by atoms with E-state index < -0.39 is 10.0 Å². The van der Waals surface area contributed by atoms with Crippen LogP contribution < -0.4 is 5.32 Å². The summed E-state index contributed by atoms with van der Waals surface area (Å²) in [6.45, 7) is 2.64. The van der Waals surface area contributed by atoms with Crippen molar-refractivity contribution < 1.29 is 13.2 Å². The van der Waals surface area contributed by atoms with Crippen molar-refractivity contribution in [1.82, 2.24) is 19.7 Å². The number of carbonyl (C=O) groups is 1. The fourth-order valence-corrected chi connectivity index (χ4v) is 5.41. The number of likely N-dealkylation sites (tertiary alicyclic amines) is 1. The van der Waals surface area contributed by atoms with Crippen molar-refractivity contribution >= 4 is 38.5 Å². The van der Waals surface area contributed by atoms with Crippen molar-refractivity contribution in [2.45, 2.75) is 43.4 Å². The summed E-state index contributed by atoms with van der Waals surface area (Å²) in [5, 5.41) is 8.01. The first kappa shape index (κ1) is 21.6. The van der Waals surface area contributed by atoms with Crippen LogP contribution in [0.2, 0.25) is 0 Å². The van der Waals surface area contributed by atoms with Crippen LogP contribution >= 0.6 is 0 Å². The Balaban J connectivity index is 1.47. The predicted molar refractivity (Wildman–Crippen MR) is 126 cm³/mol. The van der Waals surface area contributed by atoms with Gasteiger partial charge in [-0.15, -0.1) is 4.40 Å². The Labute approximate surface area is 192 Å². The molecule has 10 heteroatoms. The first-order valence-corrected chi connectivity index (χ1v) is 12.5. The summed E-state index contributed by atoms with van der Waals surface area (Å²) < 4.78 is 31.4. The van der Waals surface area contributed by atoms with Crippen LogP contribution in [0.5, 0.6) is 0 Å². The summed E-state index contributed by atoms with van der Waals surface area (Å²) in [6.07, 6.45) is 3.65. The maximum absolute atomic E-state index is 13.3. The van der Waals surface area contributed by atoms with Crippen LogP contribution in [0.25, 0.3) is 11.0 Å². The van der Waals surface area contributed by atoms with Crippen LogP contribution in [0, 0.1) is 6.92 Å². The molecule has 1 saturated heterocycles. The topological polar surface area (TPSA) is 110 Å². The highest BCUT2D eigenvalue weighted by Crippen LogP contribution is 2.40. The van der Waals surface area contributed by atoms with E-state index in [2.05, 4.69) is 14.8 Å². The minimum Gasteiger partial charge on any atom is -0.362 e. The number of anilines is 1. The standard InChI is InChI=1S/C23H26N6O3S/c1-14-21-18(13-19(15-9-10-15)25-22(21)29(3)26-14)23(30)24-16-6-4-7-17(12-16)33(31,32)27-20-8-5-11-28(20)2/h4,6-7,12-13,15H,5,8-11H2,1-3H3,(H,24,30)/b27-20+. The van der Waals surface area contributed by atoms with Crippen LogP contribution in [0.3, 0.4) is 0 Å². The summed E-state index contributed by atoms with van der Waals surface area (Å²) in [5.74, 6) is 0.609. The van der Waals surface area contributed by atoms with Crippen molar-refractivity contribution in [1.29, 1.82) is 0 Å². The van der Waals surface area contributed by atoms with Crippen LogP contribution in [-0.4, -0.2) is 53.4 Å². The number of aromatic nitrogens is 3. The average Bonchev–Trinajstić information content (AvgIpc) is 3.50. The lowest BCUT2D eigenvalue weighted by atomic mass is 10.1. The quantitative estimate of drug-likeness (QED) is 0.618. The van der Waals surface area contributed by atoms with Crippen LogP contribution in [0.1, 0.15) is 53.3 Å². The SMILES string of the molecule is Cc1nn(C)c2nc(C3CC3)cc(C(=O)Nc3cccc(S(=O)(=O)/N=C4\CCCN4C)c3)c12. The molecule has 9 nitrogen and oxygen atoms in total. The summed E-state index contributed by atoms with van der Waals surface area (Å²) >= 11 is 0. The fourth-order valence-electron chi connectivity index (χ4n) is 4.27. The minimum atomic E-state index is -3.88. The Morgan fingerprint density at radius 3 is 2.70 bits per heavy atom. The predicted octanol–water partition coefficient (Wildman–Crippen LogP) is 3.22. The molecule has 1 aliphatic heterocycles. The second-order valence-corrected chi connectivity index (χ2v) is 10.4. The summed E-state index contributed by atoms with van der Waals surface area (Å²) in [7, 11) is -0.221. The van der Waals surface area contributed by atoms with E-state index in [1.807, 2.05) is 32.0 Å². The number of sulfonamides is 1. The van der Waals surface area contributed by atoms with Crippen molar-refractivity contribution in [3.05, 3.63) is 47.3 Å². The summed E-state index contributed by atoms with van der Waals surface area (Å²) in [6, 6.07) is 8.05. The van der Waals surface area contributed by atoms with Gasteiger partial charge in [-0.1, -0.05) is 6.07 Å². The van der Waals surface area contributed by atoms with E-state index in [1.165, 1.54) is 12.1 Å². The number of carbonyl (C=O) groups excluding carboxylic acids is 1. The summed E-state index contributed by atoms with van der Waals surface area (Å²) in [5.41, 5.74) is 3.17. The Hall–Kier alpha value is -3.27. The molecule has 33 heavy (non-hydrogen) atoms. The molecule has 0 radical (unpaired) electrons. The lowest BCUT2D eigenvalue weighted by Crippen LogP contribution is -2.20. The number of hydrogen-bond acceptors (Lipinski definition) is 5. The average molecular weight is 467 g/mol. The molecule has 1 aromatic carbocycles. The van der Waals surface area contributed by atoms with Crippen molar-refractivity contribution in [3.63, 3.8) is 0 Å². The normalized spacial score (nSPS) is 17.8. The molecule has 0 unspecified atom stereocenters. The monoisotopic (exact) mass is 466 g/mol. The molecule has 5 rings (SSSR count). The van der Waals surface area contributed by atoms with E-state index in [9.17, 15) is 13.2 Å². The number of hydrogen-bond donors (Lipinski definition) is 1. The van der Waals surface area contributed by atoms with Crippen molar-refractivity contribution in [3.8, 4) is 0 Å². The van der Waals surface area contributed by atoms with Crippen LogP contribution in [-0.2, 0) is 17.1 Å². The van der Waals surface area contributed by atoms with Gasteiger partial charge in [0, 0.05) is 44.4 Å². The van der Waals surface area contributed by atoms with E-state index in [0.29, 0.717) is 40.5 Å². The number of rotatable bonds is 5. The molecule has 2 aromatic heterocycles. The van der Waals surface area contributed by atoms with Gasteiger partial charge in [0.25, 0.3) is 15.9 Å². The van der Waals surface area contributed by atoms with Gasteiger partial charge < -0.3 is 10.2 Å². The number of aryl methyl sites for hydroxylation is 2. The van der Waals surface area contributed by atoms with Gasteiger partial charge >= 0.3 is 0 Å². The van der Waals surface area contributed by atoms with Crippen LogP contribution in [0.4, 0.5) is 5.69 Å². The molecule has 1 aliphatic carbocycles. The Bertz CT molecular complexity index is 1410. The van der Waals surface area contributed by atoms with Gasteiger partial charge in [0.05, 0.1) is 21.5 Å². The molecule has 1 amide bonds. The number of nitrogens with zero attached hydrogens (tertiary/aromatic N) is 5. The number of amidine groups is 1. The third kappa shape index (κ3) is 4.10. The first-order valence-electron chi connectivity index (χ1n) is 11.0. The third-order valence-electron chi connectivity index (χ3n) is 6.18.